The summed E-state index contributed by atoms with van der Waals surface area (Å²) < 4.78 is 5.78. The van der Waals surface area contributed by atoms with Gasteiger partial charge in [0.25, 0.3) is 0 Å². The fourth-order valence-electron chi connectivity index (χ4n) is 3.48. The average molecular weight is 318 g/mol. The lowest BCUT2D eigenvalue weighted by Gasteiger charge is -2.31. The van der Waals surface area contributed by atoms with Crippen LogP contribution in [-0.4, -0.2) is 43.2 Å². The maximum absolute atomic E-state index is 12.3. The molecule has 128 valence electrons. The average Bonchev–Trinajstić information content (AvgIpc) is 2.91. The van der Waals surface area contributed by atoms with Crippen LogP contribution in [0.3, 0.4) is 0 Å². The van der Waals surface area contributed by atoms with E-state index in [4.69, 9.17) is 4.74 Å². The third kappa shape index (κ3) is 5.33. The molecule has 0 radical (unpaired) electrons. The lowest BCUT2D eigenvalue weighted by atomic mass is 9.99. The Morgan fingerprint density at radius 1 is 1.30 bits per heavy atom. The van der Waals surface area contributed by atoms with Crippen LogP contribution in [-0.2, 0) is 9.53 Å². The Morgan fingerprint density at radius 3 is 2.57 bits per heavy atom. The first-order valence-corrected chi connectivity index (χ1v) is 8.63. The molecular weight excluding hydrogens is 288 g/mol. The molecular formula is C19H30N2O2. The molecule has 0 spiro atoms. The monoisotopic (exact) mass is 318 g/mol. The molecule has 0 aliphatic carbocycles. The predicted molar refractivity (Wildman–Crippen MR) is 93.3 cm³/mol. The van der Waals surface area contributed by atoms with E-state index >= 15 is 0 Å². The summed E-state index contributed by atoms with van der Waals surface area (Å²) in [7, 11) is 4.10. The lowest BCUT2D eigenvalue weighted by molar-refractivity contribution is -0.122. The molecule has 1 heterocycles. The molecule has 0 aromatic heterocycles. The molecule has 0 saturated carbocycles. The molecule has 1 amide bonds. The van der Waals surface area contributed by atoms with Crippen molar-refractivity contribution in [1.82, 2.24) is 10.2 Å². The van der Waals surface area contributed by atoms with Gasteiger partial charge >= 0.3 is 0 Å². The van der Waals surface area contributed by atoms with Crippen LogP contribution >= 0.6 is 0 Å². The first kappa shape index (κ1) is 18.0. The number of likely N-dealkylation sites (N-methyl/N-ethyl adjacent to an activating group) is 1. The molecule has 4 heteroatoms. The van der Waals surface area contributed by atoms with E-state index < -0.39 is 0 Å². The first-order chi connectivity index (χ1) is 11.0. The van der Waals surface area contributed by atoms with Gasteiger partial charge in [-0.1, -0.05) is 30.3 Å². The molecule has 1 fully saturated rings. The highest BCUT2D eigenvalue weighted by Gasteiger charge is 2.25. The van der Waals surface area contributed by atoms with Crippen molar-refractivity contribution in [2.24, 2.45) is 0 Å². The first-order valence-electron chi connectivity index (χ1n) is 8.63. The molecule has 1 aromatic rings. The van der Waals surface area contributed by atoms with E-state index in [9.17, 15) is 4.79 Å². The number of hydrogen-bond acceptors (Lipinski definition) is 3. The van der Waals surface area contributed by atoms with Crippen molar-refractivity contribution >= 4 is 5.91 Å². The van der Waals surface area contributed by atoms with E-state index in [0.717, 1.165) is 19.3 Å². The van der Waals surface area contributed by atoms with Crippen molar-refractivity contribution in [2.75, 3.05) is 14.1 Å². The minimum absolute atomic E-state index is 0.0586. The fraction of sp³-hybridized carbons (Fsp3) is 0.632. The van der Waals surface area contributed by atoms with Gasteiger partial charge in [0.2, 0.25) is 5.91 Å². The smallest absolute Gasteiger partial charge is 0.220 e. The van der Waals surface area contributed by atoms with Crippen molar-refractivity contribution in [3.63, 3.8) is 0 Å². The zero-order chi connectivity index (χ0) is 16.8. The molecule has 23 heavy (non-hydrogen) atoms. The number of carbonyl (C=O) groups is 1. The SMILES string of the molecule is C[C@@H]1CC[C@H](CCC(=O)N[C@@H](C)[C@H](c2ccccc2)N(C)C)O1. The van der Waals surface area contributed by atoms with Gasteiger partial charge in [-0.2, -0.15) is 0 Å². The fourth-order valence-corrected chi connectivity index (χ4v) is 3.48. The number of hydrogen-bond donors (Lipinski definition) is 1. The van der Waals surface area contributed by atoms with Gasteiger partial charge in [-0.25, -0.2) is 0 Å². The van der Waals surface area contributed by atoms with Crippen LogP contribution in [0.1, 0.15) is 51.1 Å². The molecule has 1 aliphatic rings. The van der Waals surface area contributed by atoms with Gasteiger partial charge in [-0.05, 0) is 52.8 Å². The third-order valence-corrected chi connectivity index (χ3v) is 4.57. The number of rotatable bonds is 7. The second kappa shape index (κ2) is 8.46. The van der Waals surface area contributed by atoms with Crippen molar-refractivity contribution in [1.29, 1.82) is 0 Å². The van der Waals surface area contributed by atoms with Gasteiger partial charge in [0.05, 0.1) is 18.2 Å². The summed E-state index contributed by atoms with van der Waals surface area (Å²) in [5, 5.41) is 3.16. The highest BCUT2D eigenvalue weighted by Crippen LogP contribution is 2.24. The van der Waals surface area contributed by atoms with E-state index in [0.29, 0.717) is 12.5 Å². The number of amides is 1. The van der Waals surface area contributed by atoms with Crippen LogP contribution in [0.2, 0.25) is 0 Å². The Bertz CT molecular complexity index is 489. The Morgan fingerprint density at radius 2 is 2.00 bits per heavy atom. The van der Waals surface area contributed by atoms with Crippen molar-refractivity contribution in [3.8, 4) is 0 Å². The van der Waals surface area contributed by atoms with Crippen LogP contribution in [0.25, 0.3) is 0 Å². The Labute approximate surface area is 140 Å². The molecule has 2 rings (SSSR count). The van der Waals surface area contributed by atoms with E-state index in [1.54, 1.807) is 0 Å². The van der Waals surface area contributed by atoms with Gasteiger partial charge in [-0.15, -0.1) is 0 Å². The summed E-state index contributed by atoms with van der Waals surface area (Å²) in [6, 6.07) is 10.5. The van der Waals surface area contributed by atoms with Gasteiger partial charge in [-0.3, -0.25) is 4.79 Å². The summed E-state index contributed by atoms with van der Waals surface area (Å²) in [6.07, 6.45) is 4.15. The zero-order valence-corrected chi connectivity index (χ0v) is 14.8. The van der Waals surface area contributed by atoms with Gasteiger partial charge in [0, 0.05) is 12.5 Å². The van der Waals surface area contributed by atoms with Crippen molar-refractivity contribution in [2.45, 2.75) is 63.8 Å². The van der Waals surface area contributed by atoms with Crippen LogP contribution in [0.5, 0.6) is 0 Å². The number of benzene rings is 1. The maximum Gasteiger partial charge on any atom is 0.220 e. The zero-order valence-electron chi connectivity index (χ0n) is 14.8. The number of carbonyl (C=O) groups excluding carboxylic acids is 1. The topological polar surface area (TPSA) is 41.6 Å². The molecule has 0 bridgehead atoms. The number of nitrogens with one attached hydrogen (secondary N) is 1. The lowest BCUT2D eigenvalue weighted by Crippen LogP contribution is -2.42. The summed E-state index contributed by atoms with van der Waals surface area (Å²) in [5.74, 6) is 0.114. The van der Waals surface area contributed by atoms with E-state index in [1.807, 2.05) is 32.3 Å². The summed E-state index contributed by atoms with van der Waals surface area (Å²) in [5.41, 5.74) is 1.22. The van der Waals surface area contributed by atoms with Gasteiger partial charge < -0.3 is 15.0 Å². The van der Waals surface area contributed by atoms with Gasteiger partial charge in [0.15, 0.2) is 0 Å². The normalized spacial score (nSPS) is 23.7. The molecule has 1 aromatic carbocycles. The minimum Gasteiger partial charge on any atom is -0.375 e. The summed E-state index contributed by atoms with van der Waals surface area (Å²) in [4.78, 5) is 14.4. The third-order valence-electron chi connectivity index (χ3n) is 4.57. The number of ether oxygens (including phenoxy) is 1. The predicted octanol–water partition coefficient (Wildman–Crippen LogP) is 3.14. The van der Waals surface area contributed by atoms with Crippen LogP contribution in [0.15, 0.2) is 30.3 Å². The van der Waals surface area contributed by atoms with Crippen molar-refractivity contribution in [3.05, 3.63) is 35.9 Å². The Balaban J connectivity index is 1.85. The molecule has 1 saturated heterocycles. The molecule has 4 atom stereocenters. The van der Waals surface area contributed by atoms with Crippen LogP contribution < -0.4 is 5.32 Å². The summed E-state index contributed by atoms with van der Waals surface area (Å²) in [6.45, 7) is 4.17. The standard InChI is InChI=1S/C19H30N2O2/c1-14-10-11-17(23-14)12-13-18(22)20-15(2)19(21(3)4)16-8-6-5-7-9-16/h5-9,14-15,17,19H,10-13H2,1-4H3,(H,20,22)/t14-,15+,17-,19-/m1/s1. The second-order valence-corrected chi connectivity index (χ2v) is 6.86. The van der Waals surface area contributed by atoms with Crippen molar-refractivity contribution < 1.29 is 9.53 Å². The Kier molecular flexibility index (Phi) is 6.60. The molecule has 4 nitrogen and oxygen atoms in total. The van der Waals surface area contributed by atoms with Gasteiger partial charge in [0.1, 0.15) is 0 Å². The molecule has 1 aliphatic heterocycles. The van der Waals surface area contributed by atoms with Crippen LogP contribution in [0, 0.1) is 0 Å². The van der Waals surface area contributed by atoms with Crippen LogP contribution in [0.4, 0.5) is 0 Å². The second-order valence-electron chi connectivity index (χ2n) is 6.86. The van der Waals surface area contributed by atoms with E-state index in [-0.39, 0.29) is 24.1 Å². The molecule has 0 unspecified atom stereocenters. The molecule has 1 N–H and O–H groups in total. The highest BCUT2D eigenvalue weighted by molar-refractivity contribution is 5.76. The Hall–Kier alpha value is -1.39. The van der Waals surface area contributed by atoms with E-state index in [2.05, 4.69) is 36.2 Å². The quantitative estimate of drug-likeness (QED) is 0.840. The number of nitrogens with zero attached hydrogens (tertiary/aromatic N) is 1. The summed E-state index contributed by atoms with van der Waals surface area (Å²) >= 11 is 0. The highest BCUT2D eigenvalue weighted by atomic mass is 16.5. The van der Waals surface area contributed by atoms with E-state index in [1.165, 1.54) is 5.56 Å². The largest absolute Gasteiger partial charge is 0.375 e. The maximum atomic E-state index is 12.3. The minimum atomic E-state index is 0.0586.